The molecule has 3 aromatic rings. The molecule has 6 nitrogen and oxygen atoms in total. The van der Waals surface area contributed by atoms with Crippen molar-refractivity contribution in [2.45, 2.75) is 32.5 Å². The number of aliphatic hydroxyl groups is 1. The van der Waals surface area contributed by atoms with E-state index in [1.54, 1.807) is 30.5 Å². The molecule has 0 amide bonds. The quantitative estimate of drug-likeness (QED) is 0.413. The van der Waals surface area contributed by atoms with Crippen LogP contribution in [0.15, 0.2) is 71.3 Å². The summed E-state index contributed by atoms with van der Waals surface area (Å²) in [4.78, 5) is 12.9. The van der Waals surface area contributed by atoms with Crippen molar-refractivity contribution in [2.24, 2.45) is 0 Å². The summed E-state index contributed by atoms with van der Waals surface area (Å²) in [7, 11) is 0. The predicted molar refractivity (Wildman–Crippen MR) is 118 cm³/mol. The summed E-state index contributed by atoms with van der Waals surface area (Å²) in [6.45, 7) is 4.44. The minimum absolute atomic E-state index is 0.142. The van der Waals surface area contributed by atoms with Gasteiger partial charge in [0.15, 0.2) is 0 Å². The number of carbonyl (C=O) groups is 1. The van der Waals surface area contributed by atoms with Gasteiger partial charge in [-0.05, 0) is 48.9 Å². The molecule has 1 atom stereocenters. The Bertz CT molecular complexity index is 908. The second kappa shape index (κ2) is 11.9. The van der Waals surface area contributed by atoms with Crippen LogP contribution in [-0.2, 0) is 13.1 Å². The van der Waals surface area contributed by atoms with Crippen LogP contribution in [-0.4, -0.2) is 42.2 Å². The minimum atomic E-state index is -0.704. The molecule has 1 heterocycles. The molecule has 1 N–H and O–H groups in total. The van der Waals surface area contributed by atoms with E-state index in [2.05, 4.69) is 11.8 Å². The molecule has 2 aromatic carbocycles. The lowest BCUT2D eigenvalue weighted by Gasteiger charge is -2.25. The Hall–Kier alpha value is -3.09. The summed E-state index contributed by atoms with van der Waals surface area (Å²) in [5.41, 5.74) is 1.64. The highest BCUT2D eigenvalue weighted by molar-refractivity contribution is 5.74. The Kier molecular flexibility index (Phi) is 8.70. The van der Waals surface area contributed by atoms with Crippen LogP contribution in [0.5, 0.6) is 11.5 Å². The highest BCUT2D eigenvalue weighted by Crippen LogP contribution is 2.22. The van der Waals surface area contributed by atoms with Crippen LogP contribution in [0.4, 0.5) is 0 Å². The first kappa shape index (κ1) is 22.6. The van der Waals surface area contributed by atoms with Gasteiger partial charge < -0.3 is 19.0 Å². The molecule has 0 saturated carbocycles. The van der Waals surface area contributed by atoms with Crippen LogP contribution in [0.25, 0.3) is 0 Å². The Morgan fingerprint density at radius 3 is 2.55 bits per heavy atom. The van der Waals surface area contributed by atoms with E-state index in [4.69, 9.17) is 13.9 Å². The summed E-state index contributed by atoms with van der Waals surface area (Å²) >= 11 is 0. The molecule has 1 aromatic heterocycles. The molecule has 6 heteroatoms. The zero-order valence-electron chi connectivity index (χ0n) is 17.8. The van der Waals surface area contributed by atoms with E-state index in [0.29, 0.717) is 37.6 Å². The Morgan fingerprint density at radius 1 is 1.03 bits per heavy atom. The molecule has 31 heavy (non-hydrogen) atoms. The largest absolute Gasteiger partial charge is 0.493 e. The molecule has 1 unspecified atom stereocenters. The maximum Gasteiger partial charge on any atom is 0.150 e. The number of hydrogen-bond acceptors (Lipinski definition) is 6. The number of carbonyl (C=O) groups excluding carboxylic acids is 1. The molecule has 0 aliphatic heterocycles. The van der Waals surface area contributed by atoms with Crippen LogP contribution >= 0.6 is 0 Å². The lowest BCUT2D eigenvalue weighted by molar-refractivity contribution is 0.0601. The smallest absolute Gasteiger partial charge is 0.150 e. The van der Waals surface area contributed by atoms with Crippen molar-refractivity contribution in [1.29, 1.82) is 0 Å². The summed E-state index contributed by atoms with van der Waals surface area (Å²) in [5.74, 6) is 2.29. The topological polar surface area (TPSA) is 72.1 Å². The Balaban J connectivity index is 1.63. The van der Waals surface area contributed by atoms with Crippen molar-refractivity contribution in [3.63, 3.8) is 0 Å². The van der Waals surface area contributed by atoms with Crippen LogP contribution in [0.2, 0.25) is 0 Å². The third kappa shape index (κ3) is 7.27. The zero-order valence-corrected chi connectivity index (χ0v) is 17.8. The van der Waals surface area contributed by atoms with E-state index in [-0.39, 0.29) is 6.61 Å². The number of hydrogen-bond donors (Lipinski definition) is 1. The molecular formula is C25H29NO5. The van der Waals surface area contributed by atoms with E-state index >= 15 is 0 Å². The van der Waals surface area contributed by atoms with Gasteiger partial charge in [-0.3, -0.25) is 9.69 Å². The van der Waals surface area contributed by atoms with Crippen molar-refractivity contribution >= 4 is 6.29 Å². The average Bonchev–Trinajstić information content (AvgIpc) is 3.30. The molecule has 0 fully saturated rings. The monoisotopic (exact) mass is 423 g/mol. The third-order valence-corrected chi connectivity index (χ3v) is 4.72. The highest BCUT2D eigenvalue weighted by Gasteiger charge is 2.17. The fourth-order valence-corrected chi connectivity index (χ4v) is 3.22. The summed E-state index contributed by atoms with van der Waals surface area (Å²) < 4.78 is 17.1. The van der Waals surface area contributed by atoms with E-state index < -0.39 is 6.10 Å². The van der Waals surface area contributed by atoms with Crippen LogP contribution in [0.1, 0.15) is 35.0 Å². The van der Waals surface area contributed by atoms with Gasteiger partial charge in [-0.25, -0.2) is 0 Å². The molecule has 3 rings (SSSR count). The van der Waals surface area contributed by atoms with Gasteiger partial charge in [-0.2, -0.15) is 0 Å². The van der Waals surface area contributed by atoms with E-state index in [9.17, 15) is 9.90 Å². The van der Waals surface area contributed by atoms with Gasteiger partial charge in [-0.1, -0.05) is 25.1 Å². The van der Waals surface area contributed by atoms with Gasteiger partial charge in [-0.15, -0.1) is 0 Å². The normalized spacial score (nSPS) is 12.0. The second-order valence-corrected chi connectivity index (χ2v) is 7.36. The fraction of sp³-hybridized carbons (Fsp3) is 0.320. The highest BCUT2D eigenvalue weighted by atomic mass is 16.5. The second-order valence-electron chi connectivity index (χ2n) is 7.36. The lowest BCUT2D eigenvalue weighted by Crippen LogP contribution is -2.35. The number of aldehydes is 1. The maximum atomic E-state index is 10.8. The van der Waals surface area contributed by atoms with Crippen LogP contribution in [0.3, 0.4) is 0 Å². The zero-order chi connectivity index (χ0) is 21.9. The number of ether oxygens (including phenoxy) is 2. The van der Waals surface area contributed by atoms with Gasteiger partial charge in [0.05, 0.1) is 19.4 Å². The number of nitrogens with zero attached hydrogens (tertiary/aromatic N) is 1. The first-order valence-electron chi connectivity index (χ1n) is 10.5. The maximum absolute atomic E-state index is 10.8. The number of rotatable bonds is 13. The SMILES string of the molecule is CCCOc1ccccc1CN(Cc1ccco1)CC(O)COc1ccc(C=O)cc1. The van der Waals surface area contributed by atoms with E-state index in [0.717, 1.165) is 29.8 Å². The molecule has 0 aliphatic rings. The average molecular weight is 424 g/mol. The molecule has 0 aliphatic carbocycles. The molecule has 164 valence electrons. The minimum Gasteiger partial charge on any atom is -0.493 e. The van der Waals surface area contributed by atoms with Crippen LogP contribution < -0.4 is 9.47 Å². The molecule has 0 radical (unpaired) electrons. The summed E-state index contributed by atoms with van der Waals surface area (Å²) in [5, 5.41) is 10.6. The number of aliphatic hydroxyl groups excluding tert-OH is 1. The first-order valence-corrected chi connectivity index (χ1v) is 10.5. The van der Waals surface area contributed by atoms with Crippen molar-refractivity contribution in [1.82, 2.24) is 4.90 Å². The van der Waals surface area contributed by atoms with Gasteiger partial charge >= 0.3 is 0 Å². The Morgan fingerprint density at radius 2 is 1.84 bits per heavy atom. The van der Waals surface area contributed by atoms with Crippen molar-refractivity contribution in [2.75, 3.05) is 19.8 Å². The first-order chi connectivity index (χ1) is 15.2. The third-order valence-electron chi connectivity index (χ3n) is 4.72. The summed E-state index contributed by atoms with van der Waals surface area (Å²) in [6.07, 6.45) is 2.67. The van der Waals surface area contributed by atoms with Gasteiger partial charge in [0.25, 0.3) is 0 Å². The van der Waals surface area contributed by atoms with Crippen molar-refractivity contribution < 1.29 is 23.8 Å². The van der Waals surface area contributed by atoms with E-state index in [1.807, 2.05) is 36.4 Å². The number of para-hydroxylation sites is 1. The molecule has 0 saturated heterocycles. The van der Waals surface area contributed by atoms with Crippen molar-refractivity contribution in [3.8, 4) is 11.5 Å². The fourth-order valence-electron chi connectivity index (χ4n) is 3.22. The molecule has 0 spiro atoms. The predicted octanol–water partition coefficient (Wildman–Crippen LogP) is 4.32. The Labute approximate surface area is 183 Å². The van der Waals surface area contributed by atoms with Gasteiger partial charge in [0.1, 0.15) is 36.3 Å². The van der Waals surface area contributed by atoms with Crippen molar-refractivity contribution in [3.05, 3.63) is 83.8 Å². The van der Waals surface area contributed by atoms with Gasteiger partial charge in [0, 0.05) is 24.2 Å². The van der Waals surface area contributed by atoms with Crippen LogP contribution in [0, 0.1) is 0 Å². The van der Waals surface area contributed by atoms with E-state index in [1.165, 1.54) is 0 Å². The number of benzene rings is 2. The molecular weight excluding hydrogens is 394 g/mol. The molecule has 0 bridgehead atoms. The van der Waals surface area contributed by atoms with Gasteiger partial charge in [0.2, 0.25) is 0 Å². The standard InChI is InChI=1S/C25H29NO5/c1-2-13-30-25-8-4-3-6-21(25)15-26(17-24-7-5-14-29-24)16-22(28)19-31-23-11-9-20(18-27)10-12-23/h3-12,14,18,22,28H,2,13,15-17,19H2,1H3. The number of furan rings is 1. The lowest BCUT2D eigenvalue weighted by atomic mass is 10.1. The summed E-state index contributed by atoms with van der Waals surface area (Å²) in [6, 6.07) is 18.5.